The van der Waals surface area contributed by atoms with Crippen molar-refractivity contribution in [3.63, 3.8) is 0 Å². The van der Waals surface area contributed by atoms with Gasteiger partial charge in [-0.15, -0.1) is 0 Å². The van der Waals surface area contributed by atoms with Gasteiger partial charge in [-0.3, -0.25) is 4.79 Å². The highest BCUT2D eigenvalue weighted by Gasteiger charge is 2.27. The third kappa shape index (κ3) is 4.61. The Labute approximate surface area is 182 Å². The number of carbonyl (C=O) groups is 1. The molecular weight excluding hydrogens is 405 g/mol. The molecule has 1 amide bonds. The molecule has 0 saturated carbocycles. The van der Waals surface area contributed by atoms with Gasteiger partial charge in [-0.1, -0.05) is 47.5 Å². The number of piperazine rings is 1. The summed E-state index contributed by atoms with van der Waals surface area (Å²) < 4.78 is 0. The molecule has 0 atom stereocenters. The van der Waals surface area contributed by atoms with Crippen molar-refractivity contribution in [1.29, 1.82) is 0 Å². The van der Waals surface area contributed by atoms with Crippen LogP contribution in [0.4, 0.5) is 5.69 Å². The quantitative estimate of drug-likeness (QED) is 0.666. The lowest BCUT2D eigenvalue weighted by Crippen LogP contribution is -2.44. The van der Waals surface area contributed by atoms with Gasteiger partial charge in [-0.2, -0.15) is 0 Å². The number of amides is 1. The van der Waals surface area contributed by atoms with E-state index in [0.29, 0.717) is 23.1 Å². The van der Waals surface area contributed by atoms with Crippen LogP contribution in [0.2, 0.25) is 10.0 Å². The molecule has 2 heterocycles. The van der Waals surface area contributed by atoms with Crippen LogP contribution in [0.15, 0.2) is 48.0 Å². The zero-order chi connectivity index (χ0) is 20.4. The predicted octanol–water partition coefficient (Wildman–Crippen LogP) is 4.56. The third-order valence-electron chi connectivity index (χ3n) is 5.70. The molecule has 2 aromatic carbocycles. The Morgan fingerprint density at radius 1 is 1.00 bits per heavy atom. The van der Waals surface area contributed by atoms with Crippen LogP contribution in [0.5, 0.6) is 0 Å². The van der Waals surface area contributed by atoms with E-state index >= 15 is 0 Å². The second-order valence-corrected chi connectivity index (χ2v) is 8.57. The Balaban J connectivity index is 1.52. The summed E-state index contributed by atoms with van der Waals surface area (Å²) in [5.74, 6) is 0.0872. The summed E-state index contributed by atoms with van der Waals surface area (Å²) in [5.41, 5.74) is 4.10. The topological polar surface area (TPSA) is 26.8 Å². The van der Waals surface area contributed by atoms with E-state index in [1.165, 1.54) is 5.69 Å². The Bertz CT molecular complexity index is 935. The van der Waals surface area contributed by atoms with Crippen molar-refractivity contribution in [2.24, 2.45) is 0 Å². The lowest BCUT2D eigenvalue weighted by molar-refractivity contribution is -0.125. The van der Waals surface area contributed by atoms with E-state index in [4.69, 9.17) is 23.2 Å². The zero-order valence-corrected chi connectivity index (χ0v) is 18.1. The van der Waals surface area contributed by atoms with Crippen LogP contribution in [-0.4, -0.2) is 55.5 Å². The monoisotopic (exact) mass is 429 g/mol. The number of para-hydroxylation sites is 1. The van der Waals surface area contributed by atoms with E-state index in [1.54, 1.807) is 6.07 Å². The van der Waals surface area contributed by atoms with Gasteiger partial charge in [-0.05, 0) is 48.9 Å². The SMILES string of the molecule is CN1CCN(c2ccccc2/C=C2\CCN(Cc3ccc(Cl)cc3Cl)C2=O)CC1. The Morgan fingerprint density at radius 3 is 2.52 bits per heavy atom. The largest absolute Gasteiger partial charge is 0.368 e. The van der Waals surface area contributed by atoms with E-state index in [1.807, 2.05) is 23.1 Å². The maximum absolute atomic E-state index is 13.0. The van der Waals surface area contributed by atoms with Crippen LogP contribution in [0.25, 0.3) is 6.08 Å². The minimum absolute atomic E-state index is 0.0872. The highest BCUT2D eigenvalue weighted by atomic mass is 35.5. The van der Waals surface area contributed by atoms with Gasteiger partial charge in [0.25, 0.3) is 0 Å². The Morgan fingerprint density at radius 2 is 1.76 bits per heavy atom. The van der Waals surface area contributed by atoms with Gasteiger partial charge >= 0.3 is 0 Å². The number of hydrogen-bond donors (Lipinski definition) is 0. The average molecular weight is 430 g/mol. The van der Waals surface area contributed by atoms with E-state index < -0.39 is 0 Å². The zero-order valence-electron chi connectivity index (χ0n) is 16.6. The number of anilines is 1. The maximum atomic E-state index is 13.0. The molecule has 4 rings (SSSR count). The summed E-state index contributed by atoms with van der Waals surface area (Å²) in [4.78, 5) is 19.6. The molecule has 0 N–H and O–H groups in total. The summed E-state index contributed by atoms with van der Waals surface area (Å²) in [6, 6.07) is 13.8. The van der Waals surface area contributed by atoms with Crippen LogP contribution in [0.3, 0.4) is 0 Å². The van der Waals surface area contributed by atoms with Crippen molar-refractivity contribution in [2.45, 2.75) is 13.0 Å². The summed E-state index contributed by atoms with van der Waals surface area (Å²) >= 11 is 12.3. The average Bonchev–Trinajstić information content (AvgIpc) is 3.05. The second-order valence-electron chi connectivity index (χ2n) is 7.73. The Hall–Kier alpha value is -2.01. The molecule has 2 aromatic rings. The number of benzene rings is 2. The van der Waals surface area contributed by atoms with Crippen LogP contribution >= 0.6 is 23.2 Å². The minimum atomic E-state index is 0.0872. The molecule has 2 aliphatic rings. The number of hydrogen-bond acceptors (Lipinski definition) is 3. The molecule has 2 fully saturated rings. The number of carbonyl (C=O) groups excluding carboxylic acids is 1. The first-order valence-corrected chi connectivity index (χ1v) is 10.7. The number of likely N-dealkylation sites (tertiary alicyclic amines) is 1. The first kappa shape index (κ1) is 20.3. The van der Waals surface area contributed by atoms with Gasteiger partial charge in [0, 0.05) is 60.6 Å². The van der Waals surface area contributed by atoms with Gasteiger partial charge in [0.1, 0.15) is 0 Å². The van der Waals surface area contributed by atoms with Gasteiger partial charge in [0.05, 0.1) is 0 Å². The van der Waals surface area contributed by atoms with E-state index in [-0.39, 0.29) is 5.91 Å². The van der Waals surface area contributed by atoms with Crippen molar-refractivity contribution < 1.29 is 4.79 Å². The molecule has 0 unspecified atom stereocenters. The molecule has 152 valence electrons. The van der Waals surface area contributed by atoms with E-state index in [2.05, 4.69) is 41.1 Å². The van der Waals surface area contributed by atoms with E-state index in [9.17, 15) is 4.79 Å². The Kier molecular flexibility index (Phi) is 6.14. The predicted molar refractivity (Wildman–Crippen MR) is 121 cm³/mol. The second kappa shape index (κ2) is 8.78. The van der Waals surface area contributed by atoms with Crippen LogP contribution in [0, 0.1) is 0 Å². The molecule has 0 bridgehead atoms. The number of halogens is 2. The van der Waals surface area contributed by atoms with Crippen LogP contribution in [0.1, 0.15) is 17.5 Å². The van der Waals surface area contributed by atoms with Gasteiger partial charge in [-0.25, -0.2) is 0 Å². The number of likely N-dealkylation sites (N-methyl/N-ethyl adjacent to an activating group) is 1. The normalized spacial score (nSPS) is 19.4. The van der Waals surface area contributed by atoms with Gasteiger partial charge < -0.3 is 14.7 Å². The molecule has 2 aliphatic heterocycles. The van der Waals surface area contributed by atoms with Crippen molar-refractivity contribution in [3.8, 4) is 0 Å². The fraction of sp³-hybridized carbons (Fsp3) is 0.348. The molecular formula is C23H25Cl2N3O. The molecule has 0 aliphatic carbocycles. The molecule has 0 radical (unpaired) electrons. The fourth-order valence-corrected chi connectivity index (χ4v) is 4.41. The van der Waals surface area contributed by atoms with Gasteiger partial charge in [0.2, 0.25) is 5.91 Å². The number of rotatable bonds is 4. The number of nitrogens with zero attached hydrogens (tertiary/aromatic N) is 3. The first-order chi connectivity index (χ1) is 14.0. The highest BCUT2D eigenvalue weighted by molar-refractivity contribution is 6.35. The highest BCUT2D eigenvalue weighted by Crippen LogP contribution is 2.29. The fourth-order valence-electron chi connectivity index (χ4n) is 3.94. The maximum Gasteiger partial charge on any atom is 0.250 e. The lowest BCUT2D eigenvalue weighted by Gasteiger charge is -2.35. The molecule has 4 nitrogen and oxygen atoms in total. The molecule has 0 spiro atoms. The smallest absolute Gasteiger partial charge is 0.250 e. The summed E-state index contributed by atoms with van der Waals surface area (Å²) in [6.45, 7) is 5.34. The minimum Gasteiger partial charge on any atom is -0.368 e. The van der Waals surface area contributed by atoms with Crippen molar-refractivity contribution in [1.82, 2.24) is 9.80 Å². The summed E-state index contributed by atoms with van der Waals surface area (Å²) in [5, 5.41) is 1.20. The van der Waals surface area contributed by atoms with Crippen molar-refractivity contribution in [3.05, 3.63) is 69.2 Å². The summed E-state index contributed by atoms with van der Waals surface area (Å²) in [6.07, 6.45) is 2.82. The lowest BCUT2D eigenvalue weighted by atomic mass is 10.1. The molecule has 2 saturated heterocycles. The summed E-state index contributed by atoms with van der Waals surface area (Å²) in [7, 11) is 2.16. The van der Waals surface area contributed by atoms with Crippen molar-refractivity contribution in [2.75, 3.05) is 44.7 Å². The standard InChI is InChI=1S/C23H25Cl2N3O/c1-26-10-12-27(13-11-26)22-5-3-2-4-17(22)14-18-8-9-28(23(18)29)16-19-6-7-20(24)15-21(19)25/h2-7,14-15H,8-13,16H2,1H3/b18-14+. The molecule has 6 heteroatoms. The van der Waals surface area contributed by atoms with Crippen molar-refractivity contribution >= 4 is 40.9 Å². The van der Waals surface area contributed by atoms with Crippen LogP contribution < -0.4 is 4.90 Å². The van der Waals surface area contributed by atoms with Gasteiger partial charge in [0.15, 0.2) is 0 Å². The first-order valence-electron chi connectivity index (χ1n) is 9.97. The van der Waals surface area contributed by atoms with Crippen LogP contribution in [-0.2, 0) is 11.3 Å². The van der Waals surface area contributed by atoms with E-state index in [0.717, 1.165) is 49.3 Å². The third-order valence-corrected chi connectivity index (χ3v) is 6.29. The molecule has 29 heavy (non-hydrogen) atoms. The molecule has 0 aromatic heterocycles.